The average molecular weight is 611 g/mol. The summed E-state index contributed by atoms with van der Waals surface area (Å²) in [7, 11) is 0. The summed E-state index contributed by atoms with van der Waals surface area (Å²) >= 11 is 8.42. The molecule has 182 valence electrons. The molecule has 2 atom stereocenters. The summed E-state index contributed by atoms with van der Waals surface area (Å²) in [6.07, 6.45) is 0.831. The fourth-order valence-electron chi connectivity index (χ4n) is 3.46. The molecule has 4 rings (SSSR count). The van der Waals surface area contributed by atoms with Gasteiger partial charge in [-0.05, 0) is 72.3 Å². The molecule has 1 aliphatic rings. The van der Waals surface area contributed by atoms with Crippen LogP contribution >= 0.6 is 34.2 Å². The van der Waals surface area contributed by atoms with Crippen LogP contribution in [0.15, 0.2) is 54.6 Å². The third kappa shape index (κ3) is 6.38. The number of nitro groups is 1. The first-order chi connectivity index (χ1) is 16.7. The fraction of sp³-hybridized carbons (Fsp3) is 0.208. The zero-order valence-corrected chi connectivity index (χ0v) is 21.4. The van der Waals surface area contributed by atoms with Gasteiger partial charge in [-0.1, -0.05) is 29.3 Å². The zero-order valence-electron chi connectivity index (χ0n) is 18.5. The van der Waals surface area contributed by atoms with E-state index in [4.69, 9.17) is 16.4 Å². The third-order valence-corrected chi connectivity index (χ3v) is 6.49. The molecule has 1 fully saturated rings. The van der Waals surface area contributed by atoms with Crippen molar-refractivity contribution in [1.29, 1.82) is 0 Å². The topological polar surface area (TPSA) is 106 Å². The van der Waals surface area contributed by atoms with Gasteiger partial charge < -0.3 is 10.6 Å². The summed E-state index contributed by atoms with van der Waals surface area (Å²) in [6.45, 7) is 2.12. The van der Waals surface area contributed by atoms with Crippen LogP contribution in [-0.2, 0) is 4.84 Å². The van der Waals surface area contributed by atoms with Crippen LogP contribution in [-0.4, -0.2) is 23.5 Å². The number of benzene rings is 3. The summed E-state index contributed by atoms with van der Waals surface area (Å²) in [5.74, 6) is -1.55. The highest BCUT2D eigenvalue weighted by Gasteiger charge is 2.38. The molecule has 3 aromatic rings. The number of nitro benzene ring substituents is 1. The van der Waals surface area contributed by atoms with Crippen molar-refractivity contribution in [2.24, 2.45) is 5.92 Å². The van der Waals surface area contributed by atoms with Gasteiger partial charge in [0.05, 0.1) is 27.8 Å². The van der Waals surface area contributed by atoms with E-state index in [2.05, 4.69) is 38.7 Å². The number of carbonyl (C=O) groups excluding carboxylic acids is 1. The fourth-order valence-corrected chi connectivity index (χ4v) is 4.37. The van der Waals surface area contributed by atoms with Gasteiger partial charge >= 0.3 is 0 Å². The number of nitrogens with zero attached hydrogens (tertiary/aromatic N) is 1. The molecular formula is C24H21ClFIN4O4. The Labute approximate surface area is 219 Å². The van der Waals surface area contributed by atoms with Crippen molar-refractivity contribution < 1.29 is 18.9 Å². The maximum atomic E-state index is 14.8. The van der Waals surface area contributed by atoms with Crippen molar-refractivity contribution in [3.05, 3.63) is 90.2 Å². The molecule has 3 N–H and O–H groups in total. The van der Waals surface area contributed by atoms with Crippen molar-refractivity contribution in [3.8, 4) is 0 Å². The molecule has 1 amide bonds. The number of anilines is 3. The first-order valence-electron chi connectivity index (χ1n) is 10.7. The lowest BCUT2D eigenvalue weighted by atomic mass is 10.1. The second-order valence-electron chi connectivity index (χ2n) is 8.21. The van der Waals surface area contributed by atoms with Crippen LogP contribution in [0.2, 0.25) is 5.02 Å². The largest absolute Gasteiger partial charge is 0.381 e. The Morgan fingerprint density at radius 2 is 1.97 bits per heavy atom. The Kier molecular flexibility index (Phi) is 7.72. The lowest BCUT2D eigenvalue weighted by Gasteiger charge is -2.11. The van der Waals surface area contributed by atoms with Gasteiger partial charge in [-0.25, -0.2) is 9.87 Å². The predicted octanol–water partition coefficient (Wildman–Crippen LogP) is 6.21. The minimum absolute atomic E-state index is 0.148. The summed E-state index contributed by atoms with van der Waals surface area (Å²) in [5, 5.41) is 18.2. The first-order valence-corrected chi connectivity index (χ1v) is 12.1. The Hall–Kier alpha value is -2.96. The molecule has 35 heavy (non-hydrogen) atoms. The standard InChI is InChI=1S/C24H21ClFIN4O4/c1-13-2-5-17(6-3-13)28-23-19(26)8-14(10-22(23)31(33)34)24(32)30-35-12-15-9-21(15)29-20-7-4-16(27)11-18(20)25/h2-8,10-11,15,21,28-29H,9,12H2,1H3,(H,30,32). The molecule has 0 saturated heterocycles. The van der Waals surface area contributed by atoms with Crippen LogP contribution in [0.3, 0.4) is 0 Å². The minimum Gasteiger partial charge on any atom is -0.381 e. The van der Waals surface area contributed by atoms with Crippen molar-refractivity contribution in [2.75, 3.05) is 17.2 Å². The van der Waals surface area contributed by atoms with Crippen molar-refractivity contribution in [3.63, 3.8) is 0 Å². The van der Waals surface area contributed by atoms with E-state index in [0.717, 1.165) is 33.4 Å². The van der Waals surface area contributed by atoms with Gasteiger partial charge in [-0.15, -0.1) is 0 Å². The Morgan fingerprint density at radius 3 is 2.66 bits per heavy atom. The highest BCUT2D eigenvalue weighted by atomic mass is 127. The monoisotopic (exact) mass is 610 g/mol. The van der Waals surface area contributed by atoms with Crippen molar-refractivity contribution in [2.45, 2.75) is 19.4 Å². The number of hydrogen-bond acceptors (Lipinski definition) is 6. The van der Waals surface area contributed by atoms with Crippen LogP contribution in [0, 0.1) is 32.3 Å². The quantitative estimate of drug-likeness (QED) is 0.151. The maximum absolute atomic E-state index is 14.8. The average Bonchev–Trinajstić information content (AvgIpc) is 3.55. The van der Waals surface area contributed by atoms with Crippen LogP contribution in [0.25, 0.3) is 0 Å². The highest BCUT2D eigenvalue weighted by molar-refractivity contribution is 14.1. The second-order valence-corrected chi connectivity index (χ2v) is 9.87. The third-order valence-electron chi connectivity index (χ3n) is 5.51. The van der Waals surface area contributed by atoms with E-state index in [9.17, 15) is 19.3 Å². The highest BCUT2D eigenvalue weighted by Crippen LogP contribution is 2.36. The molecule has 3 aromatic carbocycles. The number of hydrogen-bond donors (Lipinski definition) is 3. The summed E-state index contributed by atoms with van der Waals surface area (Å²) in [5.41, 5.74) is 3.43. The molecule has 0 bridgehead atoms. The Morgan fingerprint density at radius 1 is 1.23 bits per heavy atom. The molecular weight excluding hydrogens is 590 g/mol. The molecule has 0 aromatic heterocycles. The van der Waals surface area contributed by atoms with Gasteiger partial charge in [0.25, 0.3) is 11.6 Å². The summed E-state index contributed by atoms with van der Waals surface area (Å²) < 4.78 is 15.8. The molecule has 0 aliphatic heterocycles. The maximum Gasteiger partial charge on any atom is 0.296 e. The molecule has 0 heterocycles. The summed E-state index contributed by atoms with van der Waals surface area (Å²) in [4.78, 5) is 28.5. The van der Waals surface area contributed by atoms with E-state index in [1.165, 1.54) is 0 Å². The molecule has 11 heteroatoms. The first kappa shape index (κ1) is 25.1. The van der Waals surface area contributed by atoms with Gasteiger partial charge in [0, 0.05) is 27.3 Å². The van der Waals surface area contributed by atoms with E-state index in [-0.39, 0.29) is 29.8 Å². The minimum atomic E-state index is -0.925. The molecule has 0 radical (unpaired) electrons. The van der Waals surface area contributed by atoms with Crippen molar-refractivity contribution in [1.82, 2.24) is 5.48 Å². The van der Waals surface area contributed by atoms with E-state index < -0.39 is 22.3 Å². The van der Waals surface area contributed by atoms with Gasteiger partial charge in [0.2, 0.25) is 0 Å². The van der Waals surface area contributed by atoms with Crippen LogP contribution in [0.1, 0.15) is 22.3 Å². The Bertz CT molecular complexity index is 1280. The van der Waals surface area contributed by atoms with E-state index in [0.29, 0.717) is 10.7 Å². The smallest absolute Gasteiger partial charge is 0.296 e. The normalized spacial score (nSPS) is 16.5. The zero-order chi connectivity index (χ0) is 25.1. The number of nitrogens with one attached hydrogen (secondary N) is 3. The van der Waals surface area contributed by atoms with Crippen molar-refractivity contribution >= 4 is 62.8 Å². The van der Waals surface area contributed by atoms with Crippen LogP contribution < -0.4 is 16.1 Å². The Balaban J connectivity index is 1.34. The lowest BCUT2D eigenvalue weighted by molar-refractivity contribution is -0.384. The number of hydroxylamine groups is 1. The molecule has 2 unspecified atom stereocenters. The molecule has 1 saturated carbocycles. The van der Waals surface area contributed by atoms with Gasteiger partial charge in [-0.2, -0.15) is 0 Å². The predicted molar refractivity (Wildman–Crippen MR) is 141 cm³/mol. The van der Waals surface area contributed by atoms with Gasteiger partial charge in [-0.3, -0.25) is 19.7 Å². The second kappa shape index (κ2) is 10.8. The number of carbonyl (C=O) groups is 1. The molecule has 1 aliphatic carbocycles. The van der Waals surface area contributed by atoms with Gasteiger partial charge in [0.1, 0.15) is 0 Å². The number of halogens is 3. The lowest BCUT2D eigenvalue weighted by Crippen LogP contribution is -2.25. The SMILES string of the molecule is Cc1ccc(Nc2c(F)cc(C(=O)NOCC3CC3Nc3ccc(I)cc3Cl)cc2[N+](=O)[O-])cc1. The van der Waals surface area contributed by atoms with E-state index in [1.807, 2.05) is 25.1 Å². The summed E-state index contributed by atoms with van der Waals surface area (Å²) in [6, 6.07) is 14.7. The van der Waals surface area contributed by atoms with E-state index >= 15 is 0 Å². The number of amides is 1. The van der Waals surface area contributed by atoms with E-state index in [1.54, 1.807) is 24.3 Å². The van der Waals surface area contributed by atoms with Crippen LogP contribution in [0.4, 0.5) is 27.1 Å². The van der Waals surface area contributed by atoms with Gasteiger partial charge in [0.15, 0.2) is 11.5 Å². The molecule has 8 nitrogen and oxygen atoms in total. The number of aryl methyl sites for hydroxylation is 1. The number of rotatable bonds is 9. The molecule has 0 spiro atoms. The van der Waals surface area contributed by atoms with Crippen LogP contribution in [0.5, 0.6) is 0 Å².